The Labute approximate surface area is 470 Å². The molecule has 6 nitrogen and oxygen atoms in total. The average molecular weight is 1060 g/mol. The summed E-state index contributed by atoms with van der Waals surface area (Å²) in [4.78, 5) is 38.1. The van der Waals surface area contributed by atoms with Gasteiger partial charge in [0.15, 0.2) is 6.10 Å². The second-order valence-corrected chi connectivity index (χ2v) is 21.3. The Morgan fingerprint density at radius 3 is 0.803 bits per heavy atom. The van der Waals surface area contributed by atoms with Gasteiger partial charge in [0, 0.05) is 19.3 Å². The SMILES string of the molecule is CC/C=C\C/C=C\C/C=C\C/C=C\C/C=C\CCCCCCCC(=O)OC(COC(=O)CCCCCCCCCC)COC(=O)CCCCCCCCCCCCCCCC/C=C\C/C=C\C/C=C\CCCCCCC. The minimum absolute atomic E-state index is 0.0838. The van der Waals surface area contributed by atoms with Gasteiger partial charge in [0.1, 0.15) is 13.2 Å². The molecule has 0 radical (unpaired) electrons. The molecule has 0 bridgehead atoms. The van der Waals surface area contributed by atoms with Crippen LogP contribution in [0, 0.1) is 0 Å². The van der Waals surface area contributed by atoms with E-state index in [4.69, 9.17) is 14.2 Å². The monoisotopic (exact) mass is 1060 g/mol. The van der Waals surface area contributed by atoms with Crippen molar-refractivity contribution in [3.63, 3.8) is 0 Å². The molecular weight excluding hydrogens is 937 g/mol. The summed E-state index contributed by atoms with van der Waals surface area (Å²) in [5.74, 6) is -0.900. The van der Waals surface area contributed by atoms with Crippen LogP contribution in [0.2, 0.25) is 0 Å². The second kappa shape index (κ2) is 63.9. The Kier molecular flexibility index (Phi) is 60.8. The molecule has 1 atom stereocenters. The molecule has 0 heterocycles. The molecule has 0 rings (SSSR count). The number of allylic oxidation sites excluding steroid dienone is 16. The van der Waals surface area contributed by atoms with Gasteiger partial charge in [-0.2, -0.15) is 0 Å². The first-order valence-corrected chi connectivity index (χ1v) is 32.2. The largest absolute Gasteiger partial charge is 0.462 e. The predicted molar refractivity (Wildman–Crippen MR) is 330 cm³/mol. The van der Waals surface area contributed by atoms with E-state index < -0.39 is 6.10 Å². The third-order valence-corrected chi connectivity index (χ3v) is 13.8. The molecule has 0 spiro atoms. The Hall–Kier alpha value is -3.67. The number of hydrogen-bond donors (Lipinski definition) is 0. The lowest BCUT2D eigenvalue weighted by atomic mass is 10.0. The van der Waals surface area contributed by atoms with Gasteiger partial charge in [-0.15, -0.1) is 0 Å². The van der Waals surface area contributed by atoms with Gasteiger partial charge in [-0.3, -0.25) is 14.4 Å². The Bertz CT molecular complexity index is 1490. The van der Waals surface area contributed by atoms with E-state index >= 15 is 0 Å². The van der Waals surface area contributed by atoms with Crippen molar-refractivity contribution in [2.75, 3.05) is 13.2 Å². The van der Waals surface area contributed by atoms with Crippen LogP contribution in [0.5, 0.6) is 0 Å². The van der Waals surface area contributed by atoms with Crippen LogP contribution in [0.15, 0.2) is 97.2 Å². The first-order chi connectivity index (χ1) is 37.5. The lowest BCUT2D eigenvalue weighted by Crippen LogP contribution is -2.30. The summed E-state index contributed by atoms with van der Waals surface area (Å²) in [6, 6.07) is 0. The molecule has 0 saturated heterocycles. The molecule has 6 heteroatoms. The lowest BCUT2D eigenvalue weighted by Gasteiger charge is -2.18. The van der Waals surface area contributed by atoms with Gasteiger partial charge in [0.25, 0.3) is 0 Å². The van der Waals surface area contributed by atoms with Crippen molar-refractivity contribution in [2.45, 2.75) is 316 Å². The second-order valence-electron chi connectivity index (χ2n) is 21.3. The summed E-state index contributed by atoms with van der Waals surface area (Å²) in [7, 11) is 0. The summed E-state index contributed by atoms with van der Waals surface area (Å²) in [5.41, 5.74) is 0. The fourth-order valence-corrected chi connectivity index (χ4v) is 9.01. The van der Waals surface area contributed by atoms with Gasteiger partial charge in [0.2, 0.25) is 0 Å². The summed E-state index contributed by atoms with van der Waals surface area (Å²) in [5, 5.41) is 0. The molecule has 0 saturated carbocycles. The van der Waals surface area contributed by atoms with Crippen LogP contribution >= 0.6 is 0 Å². The van der Waals surface area contributed by atoms with Gasteiger partial charge >= 0.3 is 17.9 Å². The minimum Gasteiger partial charge on any atom is -0.462 e. The van der Waals surface area contributed by atoms with E-state index in [1.54, 1.807) is 0 Å². The maximum Gasteiger partial charge on any atom is 0.306 e. The molecule has 0 aliphatic rings. The quantitative estimate of drug-likeness (QED) is 0.0261. The van der Waals surface area contributed by atoms with Crippen LogP contribution in [0.1, 0.15) is 310 Å². The zero-order valence-electron chi connectivity index (χ0n) is 50.0. The van der Waals surface area contributed by atoms with Crippen molar-refractivity contribution < 1.29 is 28.6 Å². The number of esters is 3. The van der Waals surface area contributed by atoms with E-state index in [1.807, 2.05) is 0 Å². The van der Waals surface area contributed by atoms with E-state index in [-0.39, 0.29) is 31.1 Å². The van der Waals surface area contributed by atoms with Crippen LogP contribution in [-0.4, -0.2) is 37.2 Å². The number of ether oxygens (including phenoxy) is 3. The summed E-state index contributed by atoms with van der Waals surface area (Å²) >= 11 is 0. The van der Waals surface area contributed by atoms with Crippen molar-refractivity contribution in [1.29, 1.82) is 0 Å². The Balaban J connectivity index is 4.18. The van der Waals surface area contributed by atoms with Gasteiger partial charge in [-0.25, -0.2) is 0 Å². The van der Waals surface area contributed by atoms with E-state index in [9.17, 15) is 14.4 Å². The highest BCUT2D eigenvalue weighted by molar-refractivity contribution is 5.71. The van der Waals surface area contributed by atoms with Crippen LogP contribution in [-0.2, 0) is 28.6 Å². The highest BCUT2D eigenvalue weighted by Gasteiger charge is 2.19. The number of carbonyl (C=O) groups excluding carboxylic acids is 3. The zero-order valence-corrected chi connectivity index (χ0v) is 50.0. The van der Waals surface area contributed by atoms with Gasteiger partial charge in [-0.1, -0.05) is 285 Å². The van der Waals surface area contributed by atoms with Crippen LogP contribution in [0.4, 0.5) is 0 Å². The first kappa shape index (κ1) is 72.3. The standard InChI is InChI=1S/C70H120O6/c1-4-7-10-13-16-19-21-23-25-27-29-31-32-33-34-35-36-37-38-40-41-43-45-47-49-51-54-57-60-63-69(72)75-66-67(65-74-68(71)62-59-56-53-18-15-12-9-6-3)76-70(73)64-61-58-55-52-50-48-46-44-42-39-30-28-26-24-22-20-17-14-11-8-5-2/h8,11,17,20-21,23-24,26-27,29-30,32-33,39,44,46,67H,4-7,9-10,12-16,18-19,22,25,28,31,34-38,40-43,45,47-66H2,1-3H3/b11-8-,20-17-,23-21-,26-24-,29-27-,33-32-,39-30-,46-44-. The van der Waals surface area contributed by atoms with Crippen LogP contribution in [0.25, 0.3) is 0 Å². The Morgan fingerprint density at radius 1 is 0.276 bits per heavy atom. The maximum atomic E-state index is 12.9. The van der Waals surface area contributed by atoms with Gasteiger partial charge in [0.05, 0.1) is 0 Å². The van der Waals surface area contributed by atoms with Crippen molar-refractivity contribution in [2.24, 2.45) is 0 Å². The molecular formula is C70H120O6. The molecule has 76 heavy (non-hydrogen) atoms. The molecule has 0 aromatic heterocycles. The highest BCUT2D eigenvalue weighted by atomic mass is 16.6. The number of carbonyl (C=O) groups is 3. The van der Waals surface area contributed by atoms with Crippen molar-refractivity contribution >= 4 is 17.9 Å². The van der Waals surface area contributed by atoms with E-state index in [0.717, 1.165) is 122 Å². The van der Waals surface area contributed by atoms with E-state index in [1.165, 1.54) is 148 Å². The normalized spacial score (nSPS) is 12.7. The molecule has 0 aliphatic carbocycles. The highest BCUT2D eigenvalue weighted by Crippen LogP contribution is 2.16. The van der Waals surface area contributed by atoms with Crippen molar-refractivity contribution in [3.05, 3.63) is 97.2 Å². The molecule has 1 unspecified atom stereocenters. The van der Waals surface area contributed by atoms with Gasteiger partial charge in [-0.05, 0) is 103 Å². The lowest BCUT2D eigenvalue weighted by molar-refractivity contribution is -0.167. The van der Waals surface area contributed by atoms with Crippen LogP contribution < -0.4 is 0 Å². The van der Waals surface area contributed by atoms with E-state index in [2.05, 4.69) is 118 Å². The molecule has 0 N–H and O–H groups in total. The smallest absolute Gasteiger partial charge is 0.306 e. The fraction of sp³-hybridized carbons (Fsp3) is 0.729. The summed E-state index contributed by atoms with van der Waals surface area (Å²) in [6.07, 6.45) is 85.8. The number of unbranched alkanes of at least 4 members (excludes halogenated alkanes) is 31. The van der Waals surface area contributed by atoms with E-state index in [0.29, 0.717) is 19.3 Å². The molecule has 436 valence electrons. The molecule has 0 fully saturated rings. The van der Waals surface area contributed by atoms with Crippen molar-refractivity contribution in [1.82, 2.24) is 0 Å². The maximum absolute atomic E-state index is 12.9. The predicted octanol–water partition coefficient (Wildman–Crippen LogP) is 22.0. The third kappa shape index (κ3) is 61.2. The fourth-order valence-electron chi connectivity index (χ4n) is 9.01. The zero-order chi connectivity index (χ0) is 55.0. The van der Waals surface area contributed by atoms with Crippen LogP contribution in [0.3, 0.4) is 0 Å². The summed E-state index contributed by atoms with van der Waals surface area (Å²) in [6.45, 7) is 6.49. The van der Waals surface area contributed by atoms with Gasteiger partial charge < -0.3 is 14.2 Å². The molecule has 0 aliphatic heterocycles. The molecule has 0 aromatic carbocycles. The third-order valence-electron chi connectivity index (χ3n) is 13.8. The average Bonchev–Trinajstić information content (AvgIpc) is 3.42. The Morgan fingerprint density at radius 2 is 0.513 bits per heavy atom. The molecule has 0 amide bonds. The number of rotatable bonds is 58. The van der Waals surface area contributed by atoms with Crippen molar-refractivity contribution in [3.8, 4) is 0 Å². The summed E-state index contributed by atoms with van der Waals surface area (Å²) < 4.78 is 16.8. The number of hydrogen-bond acceptors (Lipinski definition) is 6. The first-order valence-electron chi connectivity index (χ1n) is 32.2. The molecule has 0 aromatic rings. The minimum atomic E-state index is -0.787. The topological polar surface area (TPSA) is 78.9 Å².